The first-order valence-corrected chi connectivity index (χ1v) is 9.88. The largest absolute Gasteiger partial charge is 0.499 e. The van der Waals surface area contributed by atoms with Crippen LogP contribution in [0.25, 0.3) is 0 Å². The normalized spacial score (nSPS) is 12.2. The lowest BCUT2D eigenvalue weighted by Gasteiger charge is -2.11. The maximum atomic E-state index is 11.4. The van der Waals surface area contributed by atoms with Crippen LogP contribution in [0.4, 0.5) is 5.69 Å². The van der Waals surface area contributed by atoms with Crippen molar-refractivity contribution >= 4 is 31.5 Å². The smallest absolute Gasteiger partial charge is 0.296 e. The molecule has 0 fully saturated rings. The molecule has 11 heteroatoms. The van der Waals surface area contributed by atoms with E-state index in [1.54, 1.807) is 0 Å². The lowest BCUT2D eigenvalue weighted by molar-refractivity contribution is 0.1000. The first-order valence-electron chi connectivity index (χ1n) is 6.73. The average Bonchev–Trinajstić information content (AvgIpc) is 2.49. The number of ether oxygens (including phenoxy) is 1. The van der Waals surface area contributed by atoms with E-state index in [1.165, 1.54) is 19.1 Å². The third-order valence-corrected chi connectivity index (χ3v) is 5.06. The lowest BCUT2D eigenvalue weighted by Crippen LogP contribution is -2.15. The SMILES string of the molecule is CCS(=O)(=O)C=COCCNc1ccc(C(N)=O)cc1S(=O)(=O)O. The number of nitrogens with one attached hydrogen (secondary N) is 1. The molecule has 1 amide bonds. The molecule has 0 saturated carbocycles. The number of carbonyl (C=O) groups is 1. The van der Waals surface area contributed by atoms with Gasteiger partial charge in [0.15, 0.2) is 9.84 Å². The maximum absolute atomic E-state index is 11.4. The highest BCUT2D eigenvalue weighted by atomic mass is 32.2. The van der Waals surface area contributed by atoms with E-state index >= 15 is 0 Å². The van der Waals surface area contributed by atoms with Crippen LogP contribution in [-0.2, 0) is 24.7 Å². The third-order valence-electron chi connectivity index (χ3n) is 2.84. The van der Waals surface area contributed by atoms with E-state index in [4.69, 9.17) is 10.5 Å². The van der Waals surface area contributed by atoms with Crippen LogP contribution >= 0.6 is 0 Å². The highest BCUT2D eigenvalue weighted by Crippen LogP contribution is 2.22. The molecule has 1 aromatic rings. The van der Waals surface area contributed by atoms with Gasteiger partial charge in [-0.1, -0.05) is 6.92 Å². The highest BCUT2D eigenvalue weighted by molar-refractivity contribution is 7.94. The van der Waals surface area contributed by atoms with Gasteiger partial charge in [-0.15, -0.1) is 0 Å². The molecule has 1 rings (SSSR count). The molecule has 0 saturated heterocycles. The van der Waals surface area contributed by atoms with E-state index in [9.17, 15) is 26.2 Å². The monoisotopic (exact) mass is 378 g/mol. The Morgan fingerprint density at radius 1 is 1.33 bits per heavy atom. The van der Waals surface area contributed by atoms with Crippen LogP contribution in [-0.4, -0.2) is 46.2 Å². The average molecular weight is 378 g/mol. The predicted molar refractivity (Wildman–Crippen MR) is 87.8 cm³/mol. The van der Waals surface area contributed by atoms with Crippen molar-refractivity contribution in [3.8, 4) is 0 Å². The van der Waals surface area contributed by atoms with E-state index in [1.807, 2.05) is 0 Å². The Bertz CT molecular complexity index is 830. The van der Waals surface area contributed by atoms with Gasteiger partial charge in [0.2, 0.25) is 5.91 Å². The van der Waals surface area contributed by atoms with Crippen LogP contribution in [0.1, 0.15) is 17.3 Å². The summed E-state index contributed by atoms with van der Waals surface area (Å²) in [6.07, 6.45) is 1.03. The summed E-state index contributed by atoms with van der Waals surface area (Å²) in [4.78, 5) is 10.6. The minimum absolute atomic E-state index is 0.0399. The summed E-state index contributed by atoms with van der Waals surface area (Å²) in [5.41, 5.74) is 5.05. The molecule has 0 aliphatic carbocycles. The molecule has 24 heavy (non-hydrogen) atoms. The quantitative estimate of drug-likeness (QED) is 0.316. The molecule has 0 radical (unpaired) electrons. The van der Waals surface area contributed by atoms with E-state index in [2.05, 4.69) is 5.32 Å². The molecule has 0 heterocycles. The van der Waals surface area contributed by atoms with Gasteiger partial charge < -0.3 is 15.8 Å². The second-order valence-corrected chi connectivity index (χ2v) is 8.14. The Hall–Kier alpha value is -2.11. The van der Waals surface area contributed by atoms with Crippen molar-refractivity contribution in [2.75, 3.05) is 24.2 Å². The van der Waals surface area contributed by atoms with Crippen LogP contribution in [0.15, 0.2) is 34.8 Å². The molecular weight excluding hydrogens is 360 g/mol. The van der Waals surface area contributed by atoms with Crippen molar-refractivity contribution < 1.29 is 30.9 Å². The summed E-state index contributed by atoms with van der Waals surface area (Å²) >= 11 is 0. The second kappa shape index (κ2) is 8.13. The zero-order valence-electron chi connectivity index (χ0n) is 12.8. The van der Waals surface area contributed by atoms with E-state index < -0.39 is 30.8 Å². The van der Waals surface area contributed by atoms with Gasteiger partial charge in [0, 0.05) is 12.1 Å². The van der Waals surface area contributed by atoms with Crippen molar-refractivity contribution in [2.24, 2.45) is 5.73 Å². The molecule has 4 N–H and O–H groups in total. The molecule has 0 bridgehead atoms. The summed E-state index contributed by atoms with van der Waals surface area (Å²) < 4.78 is 59.3. The number of amides is 1. The Morgan fingerprint density at radius 2 is 2.00 bits per heavy atom. The van der Waals surface area contributed by atoms with Crippen molar-refractivity contribution in [3.05, 3.63) is 35.4 Å². The van der Waals surface area contributed by atoms with Crippen molar-refractivity contribution in [2.45, 2.75) is 11.8 Å². The van der Waals surface area contributed by atoms with Crippen molar-refractivity contribution in [3.63, 3.8) is 0 Å². The minimum atomic E-state index is -4.56. The van der Waals surface area contributed by atoms with Gasteiger partial charge >= 0.3 is 0 Å². The van der Waals surface area contributed by atoms with Crippen LogP contribution in [0.3, 0.4) is 0 Å². The molecule has 0 spiro atoms. The van der Waals surface area contributed by atoms with Gasteiger partial charge in [-0.25, -0.2) is 8.42 Å². The van der Waals surface area contributed by atoms with E-state index in [-0.39, 0.29) is 30.2 Å². The molecule has 1 aromatic carbocycles. The fraction of sp³-hybridized carbons (Fsp3) is 0.308. The Balaban J connectivity index is 2.74. The number of hydrogen-bond acceptors (Lipinski definition) is 7. The van der Waals surface area contributed by atoms with Gasteiger partial charge in [0.25, 0.3) is 10.1 Å². The van der Waals surface area contributed by atoms with E-state index in [0.29, 0.717) is 0 Å². The molecule has 0 unspecified atom stereocenters. The first-order chi connectivity index (χ1) is 11.1. The Morgan fingerprint density at radius 3 is 2.54 bits per heavy atom. The summed E-state index contributed by atoms with van der Waals surface area (Å²) in [7, 11) is -7.84. The number of anilines is 1. The number of hydrogen-bond donors (Lipinski definition) is 3. The molecule has 0 atom stereocenters. The molecular formula is C13H18N2O7S2. The number of sulfone groups is 1. The number of carbonyl (C=O) groups excluding carboxylic acids is 1. The standard InChI is InChI=1S/C13H18N2O7S2/c1-2-23(17,18)8-7-22-6-5-15-11-4-3-10(13(14)16)9-12(11)24(19,20)21/h3-4,7-9,15H,2,5-6H2,1H3,(H2,14,16)(H,19,20,21). The van der Waals surface area contributed by atoms with Crippen LogP contribution in [0.5, 0.6) is 0 Å². The van der Waals surface area contributed by atoms with Crippen LogP contribution in [0.2, 0.25) is 0 Å². The lowest BCUT2D eigenvalue weighted by atomic mass is 10.2. The molecule has 134 valence electrons. The Kier molecular flexibility index (Phi) is 6.75. The third kappa shape index (κ3) is 6.18. The zero-order chi connectivity index (χ0) is 18.4. The fourth-order valence-corrected chi connectivity index (χ4v) is 2.70. The molecule has 0 aliphatic rings. The predicted octanol–water partition coefficient (Wildman–Crippen LogP) is 0.367. The van der Waals surface area contributed by atoms with Crippen molar-refractivity contribution in [1.82, 2.24) is 0 Å². The molecule has 0 aromatic heterocycles. The first kappa shape index (κ1) is 19.9. The van der Waals surface area contributed by atoms with Crippen molar-refractivity contribution in [1.29, 1.82) is 0 Å². The summed E-state index contributed by atoms with van der Waals surface area (Å²) in [6, 6.07) is 3.53. The number of rotatable bonds is 9. The number of nitrogens with two attached hydrogens (primary N) is 1. The van der Waals surface area contributed by atoms with Crippen LogP contribution < -0.4 is 11.1 Å². The van der Waals surface area contributed by atoms with Gasteiger partial charge in [0.1, 0.15) is 11.5 Å². The Labute approximate surface area is 140 Å². The molecule has 9 nitrogen and oxygen atoms in total. The zero-order valence-corrected chi connectivity index (χ0v) is 14.4. The topological polar surface area (TPSA) is 153 Å². The van der Waals surface area contributed by atoms with Gasteiger partial charge in [0.05, 0.1) is 23.1 Å². The summed E-state index contributed by atoms with van der Waals surface area (Å²) in [5, 5.41) is 3.63. The number of primary amides is 1. The fourth-order valence-electron chi connectivity index (χ4n) is 1.57. The van der Waals surface area contributed by atoms with E-state index in [0.717, 1.165) is 17.7 Å². The van der Waals surface area contributed by atoms with Gasteiger partial charge in [-0.2, -0.15) is 8.42 Å². The maximum Gasteiger partial charge on any atom is 0.296 e. The molecule has 0 aliphatic heterocycles. The summed E-state index contributed by atoms with van der Waals surface area (Å²) in [6.45, 7) is 1.65. The van der Waals surface area contributed by atoms with Crippen LogP contribution in [0, 0.1) is 0 Å². The van der Waals surface area contributed by atoms with Gasteiger partial charge in [-0.3, -0.25) is 9.35 Å². The second-order valence-electron chi connectivity index (χ2n) is 4.57. The summed E-state index contributed by atoms with van der Waals surface area (Å²) in [5.74, 6) is -0.883. The minimum Gasteiger partial charge on any atom is -0.499 e. The van der Waals surface area contributed by atoms with Gasteiger partial charge in [-0.05, 0) is 18.2 Å². The number of benzene rings is 1. The highest BCUT2D eigenvalue weighted by Gasteiger charge is 2.17.